The average Bonchev–Trinajstić information content (AvgIpc) is 3.01. The van der Waals surface area contributed by atoms with E-state index in [-0.39, 0.29) is 44.4 Å². The lowest BCUT2D eigenvalue weighted by Crippen LogP contribution is -2.43. The van der Waals surface area contributed by atoms with Gasteiger partial charge in [0.05, 0.1) is 12.7 Å². The van der Waals surface area contributed by atoms with Gasteiger partial charge in [-0.3, -0.25) is 9.59 Å². The molecule has 2 saturated heterocycles. The minimum atomic E-state index is -3.44. The molecule has 136 valence electrons. The van der Waals surface area contributed by atoms with Gasteiger partial charge in [-0.2, -0.15) is 0 Å². The molecule has 2 heterocycles. The van der Waals surface area contributed by atoms with Crippen molar-refractivity contribution in [1.29, 1.82) is 0 Å². The molecule has 1 N–H and O–H groups in total. The van der Waals surface area contributed by atoms with Crippen LogP contribution < -0.4 is 0 Å². The third-order valence-electron chi connectivity index (χ3n) is 5.26. The number of sulfonamides is 1. The summed E-state index contributed by atoms with van der Waals surface area (Å²) in [7, 11) is -3.44. The van der Waals surface area contributed by atoms with Crippen molar-refractivity contribution in [3.63, 3.8) is 0 Å². The molecule has 0 aliphatic carbocycles. The van der Waals surface area contributed by atoms with Gasteiger partial charge >= 0.3 is 5.97 Å². The van der Waals surface area contributed by atoms with Crippen LogP contribution in [0.5, 0.6) is 0 Å². The van der Waals surface area contributed by atoms with E-state index in [1.54, 1.807) is 4.90 Å². The van der Waals surface area contributed by atoms with Gasteiger partial charge in [-0.1, -0.05) is 29.8 Å². The fourth-order valence-corrected chi connectivity index (χ4v) is 4.79. The van der Waals surface area contributed by atoms with E-state index >= 15 is 0 Å². The molecule has 1 amide bonds. The van der Waals surface area contributed by atoms with Crippen LogP contribution in [0, 0.1) is 18.3 Å². The standard InChI is InChI=1S/C17H22N2O5S/c1-12-4-3-5-13(6-12)7-15(20)18-8-14-9-19(25(2,23)24)11-17(14,10-18)16(21)22/h3-6,14H,7-11H2,1-2H3,(H,21,22)/t14-,17-/m0/s1. The van der Waals surface area contributed by atoms with Crippen LogP contribution in [0.2, 0.25) is 0 Å². The van der Waals surface area contributed by atoms with E-state index in [1.807, 2.05) is 31.2 Å². The molecule has 1 aromatic rings. The molecule has 0 spiro atoms. The lowest BCUT2D eigenvalue weighted by Gasteiger charge is -2.24. The molecule has 0 saturated carbocycles. The van der Waals surface area contributed by atoms with Crippen LogP contribution in [0.25, 0.3) is 0 Å². The molecular weight excluding hydrogens is 344 g/mol. The largest absolute Gasteiger partial charge is 0.481 e. The van der Waals surface area contributed by atoms with Crippen molar-refractivity contribution >= 4 is 21.9 Å². The normalized spacial score (nSPS) is 26.6. The third-order valence-corrected chi connectivity index (χ3v) is 6.48. The van der Waals surface area contributed by atoms with E-state index in [0.717, 1.165) is 17.4 Å². The molecule has 0 unspecified atom stereocenters. The number of nitrogens with zero attached hydrogens (tertiary/aromatic N) is 2. The van der Waals surface area contributed by atoms with E-state index in [9.17, 15) is 23.1 Å². The quantitative estimate of drug-likeness (QED) is 0.829. The number of likely N-dealkylation sites (tertiary alicyclic amines) is 1. The Morgan fingerprint density at radius 3 is 2.56 bits per heavy atom. The number of carbonyl (C=O) groups is 2. The van der Waals surface area contributed by atoms with Gasteiger partial charge in [0.15, 0.2) is 0 Å². The number of aliphatic carboxylic acids is 1. The monoisotopic (exact) mass is 366 g/mol. The van der Waals surface area contributed by atoms with Gasteiger partial charge in [0.2, 0.25) is 15.9 Å². The number of hydrogen-bond donors (Lipinski definition) is 1. The maximum Gasteiger partial charge on any atom is 0.313 e. The van der Waals surface area contributed by atoms with Crippen LogP contribution >= 0.6 is 0 Å². The first kappa shape index (κ1) is 17.9. The predicted octanol–water partition coefficient (Wildman–Crippen LogP) is 0.342. The summed E-state index contributed by atoms with van der Waals surface area (Å²) >= 11 is 0. The third kappa shape index (κ3) is 3.28. The van der Waals surface area contributed by atoms with Crippen LogP contribution in [0.3, 0.4) is 0 Å². The Hall–Kier alpha value is -1.93. The average molecular weight is 366 g/mol. The summed E-state index contributed by atoms with van der Waals surface area (Å²) in [6.07, 6.45) is 1.31. The first-order chi connectivity index (χ1) is 11.6. The van der Waals surface area contributed by atoms with Crippen LogP contribution in [0.15, 0.2) is 24.3 Å². The molecule has 25 heavy (non-hydrogen) atoms. The second-order valence-corrected chi connectivity index (χ2v) is 9.14. The summed E-state index contributed by atoms with van der Waals surface area (Å²) in [4.78, 5) is 26.1. The first-order valence-corrected chi connectivity index (χ1v) is 9.98. The summed E-state index contributed by atoms with van der Waals surface area (Å²) in [5.41, 5.74) is 0.754. The number of amides is 1. The van der Waals surface area contributed by atoms with Crippen molar-refractivity contribution < 1.29 is 23.1 Å². The first-order valence-electron chi connectivity index (χ1n) is 8.14. The lowest BCUT2D eigenvalue weighted by molar-refractivity contribution is -0.148. The second kappa shape index (κ2) is 6.10. The summed E-state index contributed by atoms with van der Waals surface area (Å²) in [6.45, 7) is 2.37. The van der Waals surface area contributed by atoms with E-state index in [0.29, 0.717) is 0 Å². The Balaban J connectivity index is 1.76. The van der Waals surface area contributed by atoms with E-state index in [1.165, 1.54) is 4.31 Å². The highest BCUT2D eigenvalue weighted by atomic mass is 32.2. The number of aryl methyl sites for hydroxylation is 1. The molecule has 0 bridgehead atoms. The fraction of sp³-hybridized carbons (Fsp3) is 0.529. The molecular formula is C17H22N2O5S. The number of rotatable bonds is 4. The van der Waals surface area contributed by atoms with Crippen molar-refractivity contribution in [2.45, 2.75) is 13.3 Å². The highest BCUT2D eigenvalue weighted by molar-refractivity contribution is 7.88. The smallest absolute Gasteiger partial charge is 0.313 e. The minimum absolute atomic E-state index is 0.0592. The van der Waals surface area contributed by atoms with Crippen LogP contribution in [-0.4, -0.2) is 67.0 Å². The number of hydrogen-bond acceptors (Lipinski definition) is 4. The molecule has 3 rings (SSSR count). The topological polar surface area (TPSA) is 95.0 Å². The zero-order chi connectivity index (χ0) is 18.4. The Morgan fingerprint density at radius 1 is 1.28 bits per heavy atom. The molecule has 0 radical (unpaired) electrons. The number of carboxylic acids is 1. The van der Waals surface area contributed by atoms with Crippen molar-refractivity contribution in [3.05, 3.63) is 35.4 Å². The predicted molar refractivity (Wildman–Crippen MR) is 91.4 cm³/mol. The highest BCUT2D eigenvalue weighted by Gasteiger charge is 2.59. The van der Waals surface area contributed by atoms with Crippen LogP contribution in [0.4, 0.5) is 0 Å². The maximum atomic E-state index is 12.6. The van der Waals surface area contributed by atoms with Crippen molar-refractivity contribution in [1.82, 2.24) is 9.21 Å². The molecule has 2 aliphatic rings. The zero-order valence-corrected chi connectivity index (χ0v) is 15.1. The molecule has 8 heteroatoms. The number of carbonyl (C=O) groups excluding carboxylic acids is 1. The molecule has 2 fully saturated rings. The number of benzene rings is 1. The van der Waals surface area contributed by atoms with Gasteiger partial charge in [0, 0.05) is 32.1 Å². The molecule has 2 atom stereocenters. The Morgan fingerprint density at radius 2 is 2.00 bits per heavy atom. The van der Waals surface area contributed by atoms with Gasteiger partial charge in [-0.05, 0) is 12.5 Å². The Kier molecular flexibility index (Phi) is 4.36. The van der Waals surface area contributed by atoms with Gasteiger partial charge in [0.1, 0.15) is 5.41 Å². The van der Waals surface area contributed by atoms with Crippen LogP contribution in [-0.2, 0) is 26.0 Å². The lowest BCUT2D eigenvalue weighted by atomic mass is 9.81. The molecule has 1 aromatic carbocycles. The van der Waals surface area contributed by atoms with E-state index in [2.05, 4.69) is 0 Å². The van der Waals surface area contributed by atoms with Gasteiger partial charge in [-0.25, -0.2) is 12.7 Å². The summed E-state index contributed by atoms with van der Waals surface area (Å²) in [5.74, 6) is -1.53. The van der Waals surface area contributed by atoms with Gasteiger partial charge in [0.25, 0.3) is 0 Å². The summed E-state index contributed by atoms with van der Waals surface area (Å²) < 4.78 is 24.8. The van der Waals surface area contributed by atoms with Gasteiger partial charge in [-0.15, -0.1) is 0 Å². The zero-order valence-electron chi connectivity index (χ0n) is 14.3. The highest BCUT2D eigenvalue weighted by Crippen LogP contribution is 2.43. The Labute approximate surface area is 147 Å². The summed E-state index contributed by atoms with van der Waals surface area (Å²) in [6, 6.07) is 7.65. The van der Waals surface area contributed by atoms with Gasteiger partial charge < -0.3 is 10.0 Å². The molecule has 2 aliphatic heterocycles. The van der Waals surface area contributed by atoms with E-state index in [4.69, 9.17) is 0 Å². The minimum Gasteiger partial charge on any atom is -0.481 e. The fourth-order valence-electron chi connectivity index (χ4n) is 3.87. The number of fused-ring (bicyclic) bond motifs is 1. The number of carboxylic acid groups (broad SMARTS) is 1. The van der Waals surface area contributed by atoms with Crippen molar-refractivity contribution in [2.75, 3.05) is 32.4 Å². The molecule has 0 aromatic heterocycles. The SMILES string of the molecule is Cc1cccc(CC(=O)N2C[C@H]3CN(S(C)(=O)=O)C[C@@]3(C(=O)O)C2)c1. The van der Waals surface area contributed by atoms with Crippen LogP contribution in [0.1, 0.15) is 11.1 Å². The summed E-state index contributed by atoms with van der Waals surface area (Å²) in [5, 5.41) is 9.72. The van der Waals surface area contributed by atoms with E-state index < -0.39 is 21.4 Å². The second-order valence-electron chi connectivity index (χ2n) is 7.15. The van der Waals surface area contributed by atoms with Crippen molar-refractivity contribution in [3.8, 4) is 0 Å². The molecule has 7 nitrogen and oxygen atoms in total. The maximum absolute atomic E-state index is 12.6. The Bertz CT molecular complexity index is 822. The van der Waals surface area contributed by atoms with Crippen molar-refractivity contribution in [2.24, 2.45) is 11.3 Å².